The van der Waals surface area contributed by atoms with Crippen LogP contribution in [0, 0.1) is 11.8 Å². The minimum atomic E-state index is -0.508. The van der Waals surface area contributed by atoms with E-state index in [1.54, 1.807) is 36.4 Å². The van der Waals surface area contributed by atoms with Crippen LogP contribution in [0.5, 0.6) is 11.5 Å². The van der Waals surface area contributed by atoms with Gasteiger partial charge in [-0.2, -0.15) is 0 Å². The monoisotopic (exact) mass is 397 g/mol. The zero-order valence-electron chi connectivity index (χ0n) is 16.4. The Morgan fingerprint density at radius 1 is 0.897 bits per heavy atom. The maximum absolute atomic E-state index is 12.4. The predicted molar refractivity (Wildman–Crippen MR) is 107 cm³/mol. The van der Waals surface area contributed by atoms with Crippen molar-refractivity contribution in [3.63, 3.8) is 0 Å². The second-order valence-corrected chi connectivity index (χ2v) is 6.87. The van der Waals surface area contributed by atoms with Gasteiger partial charge in [-0.05, 0) is 48.7 Å². The molecule has 152 valence electrons. The number of carbonyl (C=O) groups excluding carboxylic acids is 3. The van der Waals surface area contributed by atoms with E-state index in [2.05, 4.69) is 16.2 Å². The highest BCUT2D eigenvalue weighted by Crippen LogP contribution is 2.38. The van der Waals surface area contributed by atoms with Crippen molar-refractivity contribution in [3.05, 3.63) is 53.6 Å². The smallest absolute Gasteiger partial charge is 0.269 e. The van der Waals surface area contributed by atoms with Crippen molar-refractivity contribution < 1.29 is 23.9 Å². The molecule has 0 spiro atoms. The lowest BCUT2D eigenvalue weighted by molar-refractivity contribution is -0.117. The standard InChI is InChI=1S/C21H23N3O5/c1-12-9-16(12)21(27)22-15-6-4-5-13(10-15)19(25)23-24-20(26)14-7-8-17(28-2)18(11-14)29-3/h4-8,10-12,16H,9H2,1-3H3,(H,22,27)(H,23,25)(H,24,26). The summed E-state index contributed by atoms with van der Waals surface area (Å²) >= 11 is 0. The van der Waals surface area contributed by atoms with E-state index in [0.29, 0.717) is 34.2 Å². The van der Waals surface area contributed by atoms with Gasteiger partial charge in [-0.25, -0.2) is 0 Å². The number of hydrogen-bond donors (Lipinski definition) is 3. The van der Waals surface area contributed by atoms with Crippen molar-refractivity contribution in [1.29, 1.82) is 0 Å². The second kappa shape index (κ2) is 8.64. The van der Waals surface area contributed by atoms with Gasteiger partial charge in [-0.3, -0.25) is 25.2 Å². The quantitative estimate of drug-likeness (QED) is 0.649. The summed E-state index contributed by atoms with van der Waals surface area (Å²) in [6, 6.07) is 11.2. The van der Waals surface area contributed by atoms with Gasteiger partial charge in [0.05, 0.1) is 14.2 Å². The minimum absolute atomic E-state index is 0.0354. The number of hydrogen-bond acceptors (Lipinski definition) is 5. The van der Waals surface area contributed by atoms with Crippen molar-refractivity contribution in [2.24, 2.45) is 11.8 Å². The van der Waals surface area contributed by atoms with Crippen molar-refractivity contribution in [3.8, 4) is 11.5 Å². The zero-order chi connectivity index (χ0) is 21.0. The molecule has 3 amide bonds. The second-order valence-electron chi connectivity index (χ2n) is 6.87. The summed E-state index contributed by atoms with van der Waals surface area (Å²) in [6.45, 7) is 2.02. The highest BCUT2D eigenvalue weighted by molar-refractivity contribution is 6.01. The molecule has 1 aliphatic rings. The van der Waals surface area contributed by atoms with Gasteiger partial charge in [0.2, 0.25) is 5.91 Å². The first-order valence-electron chi connectivity index (χ1n) is 9.16. The molecule has 3 N–H and O–H groups in total. The summed E-state index contributed by atoms with van der Waals surface area (Å²) < 4.78 is 10.3. The van der Waals surface area contributed by atoms with E-state index in [1.165, 1.54) is 20.3 Å². The average Bonchev–Trinajstić information content (AvgIpc) is 3.48. The number of ether oxygens (including phenoxy) is 2. The molecule has 0 aromatic heterocycles. The van der Waals surface area contributed by atoms with Gasteiger partial charge in [-0.1, -0.05) is 13.0 Å². The van der Waals surface area contributed by atoms with Crippen molar-refractivity contribution in [1.82, 2.24) is 10.9 Å². The Labute approximate surface area is 168 Å². The Kier molecular flexibility index (Phi) is 6.01. The Hall–Kier alpha value is -3.55. The van der Waals surface area contributed by atoms with Gasteiger partial charge >= 0.3 is 0 Å². The van der Waals surface area contributed by atoms with Crippen LogP contribution in [0.3, 0.4) is 0 Å². The van der Waals surface area contributed by atoms with Crippen molar-refractivity contribution in [2.45, 2.75) is 13.3 Å². The highest BCUT2D eigenvalue weighted by atomic mass is 16.5. The number of methoxy groups -OCH3 is 2. The molecule has 1 fully saturated rings. The minimum Gasteiger partial charge on any atom is -0.493 e. The van der Waals surface area contributed by atoms with Gasteiger partial charge < -0.3 is 14.8 Å². The van der Waals surface area contributed by atoms with Gasteiger partial charge in [0.1, 0.15) is 0 Å². The molecule has 2 aromatic rings. The number of carbonyl (C=O) groups is 3. The van der Waals surface area contributed by atoms with Gasteiger partial charge in [0.15, 0.2) is 11.5 Å². The van der Waals surface area contributed by atoms with E-state index in [4.69, 9.17) is 9.47 Å². The zero-order valence-corrected chi connectivity index (χ0v) is 16.4. The summed E-state index contributed by atoms with van der Waals surface area (Å²) in [6.07, 6.45) is 0.883. The number of hydrazine groups is 1. The molecule has 0 bridgehead atoms. The molecule has 2 atom stereocenters. The van der Waals surface area contributed by atoms with Crippen LogP contribution in [0.15, 0.2) is 42.5 Å². The average molecular weight is 397 g/mol. The summed E-state index contributed by atoms with van der Waals surface area (Å²) in [7, 11) is 2.97. The fourth-order valence-corrected chi connectivity index (χ4v) is 2.90. The molecule has 0 saturated heterocycles. The first-order valence-corrected chi connectivity index (χ1v) is 9.16. The van der Waals surface area contributed by atoms with E-state index in [1.807, 2.05) is 6.92 Å². The topological polar surface area (TPSA) is 106 Å². The molecule has 1 saturated carbocycles. The van der Waals surface area contributed by atoms with E-state index in [0.717, 1.165) is 6.42 Å². The molecular weight excluding hydrogens is 374 g/mol. The Morgan fingerprint density at radius 3 is 2.10 bits per heavy atom. The Morgan fingerprint density at radius 2 is 1.52 bits per heavy atom. The highest BCUT2D eigenvalue weighted by Gasteiger charge is 2.39. The molecule has 3 rings (SSSR count). The first-order chi connectivity index (χ1) is 13.9. The maximum atomic E-state index is 12.4. The SMILES string of the molecule is COc1ccc(C(=O)NNC(=O)c2cccc(NC(=O)C3CC3C)c2)cc1OC. The van der Waals surface area contributed by atoms with Crippen LogP contribution in [0.25, 0.3) is 0 Å². The molecule has 8 heteroatoms. The molecule has 8 nitrogen and oxygen atoms in total. The summed E-state index contributed by atoms with van der Waals surface area (Å²) in [5.74, 6) is 0.270. The summed E-state index contributed by atoms with van der Waals surface area (Å²) in [4.78, 5) is 36.7. The summed E-state index contributed by atoms with van der Waals surface area (Å²) in [5, 5.41) is 2.81. The first kappa shape index (κ1) is 20.2. The Bertz CT molecular complexity index is 944. The van der Waals surface area contributed by atoms with Crippen LogP contribution in [-0.2, 0) is 4.79 Å². The predicted octanol–water partition coefficient (Wildman–Crippen LogP) is 2.37. The Balaban J connectivity index is 1.59. The lowest BCUT2D eigenvalue weighted by Gasteiger charge is -2.11. The number of nitrogens with one attached hydrogen (secondary N) is 3. The van der Waals surface area contributed by atoms with E-state index in [-0.39, 0.29) is 11.8 Å². The third kappa shape index (κ3) is 4.84. The van der Waals surface area contributed by atoms with Gasteiger partial charge in [-0.15, -0.1) is 0 Å². The van der Waals surface area contributed by atoms with E-state index < -0.39 is 11.8 Å². The normalized spacial score (nSPS) is 17.1. The van der Waals surface area contributed by atoms with Gasteiger partial charge in [0.25, 0.3) is 11.8 Å². The number of benzene rings is 2. The van der Waals surface area contributed by atoms with E-state index >= 15 is 0 Å². The fraction of sp³-hybridized carbons (Fsp3) is 0.286. The fourth-order valence-electron chi connectivity index (χ4n) is 2.90. The van der Waals surface area contributed by atoms with Crippen LogP contribution in [-0.4, -0.2) is 31.9 Å². The third-order valence-corrected chi connectivity index (χ3v) is 4.77. The van der Waals surface area contributed by atoms with Crippen LogP contribution in [0.1, 0.15) is 34.1 Å². The number of amides is 3. The van der Waals surface area contributed by atoms with Crippen molar-refractivity contribution >= 4 is 23.4 Å². The molecule has 0 aliphatic heterocycles. The lowest BCUT2D eigenvalue weighted by atomic mass is 10.2. The molecule has 0 heterocycles. The largest absolute Gasteiger partial charge is 0.493 e. The number of rotatable bonds is 6. The lowest BCUT2D eigenvalue weighted by Crippen LogP contribution is -2.41. The number of anilines is 1. The molecule has 2 unspecified atom stereocenters. The van der Waals surface area contributed by atoms with Gasteiger partial charge in [0, 0.05) is 22.7 Å². The maximum Gasteiger partial charge on any atom is 0.269 e. The van der Waals surface area contributed by atoms with E-state index in [9.17, 15) is 14.4 Å². The molecular formula is C21H23N3O5. The van der Waals surface area contributed by atoms with Crippen LogP contribution in [0.2, 0.25) is 0 Å². The molecule has 29 heavy (non-hydrogen) atoms. The van der Waals surface area contributed by atoms with Crippen LogP contribution in [0.4, 0.5) is 5.69 Å². The summed E-state index contributed by atoms with van der Waals surface area (Å²) in [5.41, 5.74) is 5.85. The van der Waals surface area contributed by atoms with Crippen LogP contribution < -0.4 is 25.6 Å². The van der Waals surface area contributed by atoms with Crippen LogP contribution >= 0.6 is 0 Å². The molecule has 0 radical (unpaired) electrons. The van der Waals surface area contributed by atoms with Crippen molar-refractivity contribution in [2.75, 3.05) is 19.5 Å². The third-order valence-electron chi connectivity index (χ3n) is 4.77. The molecule has 2 aromatic carbocycles. The molecule has 1 aliphatic carbocycles.